The second-order valence-corrected chi connectivity index (χ2v) is 5.41. The van der Waals surface area contributed by atoms with Crippen LogP contribution in [0.2, 0.25) is 0 Å². The number of aryl methyl sites for hydroxylation is 1. The van der Waals surface area contributed by atoms with Crippen LogP contribution in [0.5, 0.6) is 0 Å². The van der Waals surface area contributed by atoms with Gasteiger partial charge in [0.25, 0.3) is 0 Å². The molecule has 17 heavy (non-hydrogen) atoms. The van der Waals surface area contributed by atoms with Crippen molar-refractivity contribution in [3.63, 3.8) is 0 Å². The Bertz CT molecular complexity index is 532. The van der Waals surface area contributed by atoms with Gasteiger partial charge in [-0.3, -0.25) is 4.68 Å². The Balaban J connectivity index is 2.61. The van der Waals surface area contributed by atoms with E-state index in [1.54, 1.807) is 0 Å². The maximum Gasteiger partial charge on any atom is 0.108 e. The summed E-state index contributed by atoms with van der Waals surface area (Å²) < 4.78 is 4.23. The summed E-state index contributed by atoms with van der Waals surface area (Å²) in [5.41, 5.74) is 3.38. The highest BCUT2D eigenvalue weighted by Crippen LogP contribution is 2.34. The monoisotopic (exact) mass is 356 g/mol. The van der Waals surface area contributed by atoms with Crippen LogP contribution in [0.25, 0.3) is 11.3 Å². The molecule has 90 valence electrons. The van der Waals surface area contributed by atoms with Gasteiger partial charge in [0.2, 0.25) is 0 Å². The zero-order valence-corrected chi connectivity index (χ0v) is 13.0. The van der Waals surface area contributed by atoms with E-state index in [0.29, 0.717) is 0 Å². The molecule has 0 saturated carbocycles. The van der Waals surface area contributed by atoms with Gasteiger partial charge in [-0.25, -0.2) is 0 Å². The zero-order chi connectivity index (χ0) is 12.4. The largest absolute Gasteiger partial charge is 0.268 e. The van der Waals surface area contributed by atoms with Crippen LogP contribution in [0, 0.1) is 0 Å². The van der Waals surface area contributed by atoms with E-state index in [9.17, 15) is 0 Å². The fourth-order valence-electron chi connectivity index (χ4n) is 1.90. The summed E-state index contributed by atoms with van der Waals surface area (Å²) in [5.74, 6) is 0. The third-order valence-corrected chi connectivity index (χ3v) is 4.28. The Kier molecular flexibility index (Phi) is 4.05. The maximum absolute atomic E-state index is 4.67. The Morgan fingerprint density at radius 2 is 1.88 bits per heavy atom. The highest BCUT2D eigenvalue weighted by atomic mass is 79.9. The minimum Gasteiger partial charge on any atom is -0.268 e. The van der Waals surface area contributed by atoms with Crippen molar-refractivity contribution >= 4 is 31.9 Å². The fourth-order valence-corrected chi connectivity index (χ4v) is 3.15. The van der Waals surface area contributed by atoms with Crippen LogP contribution in [-0.2, 0) is 13.0 Å². The van der Waals surface area contributed by atoms with Crippen molar-refractivity contribution in [2.45, 2.75) is 26.8 Å². The maximum atomic E-state index is 4.67. The second kappa shape index (κ2) is 5.36. The third-order valence-electron chi connectivity index (χ3n) is 2.76. The first-order valence-corrected chi connectivity index (χ1v) is 7.27. The summed E-state index contributed by atoms with van der Waals surface area (Å²) in [4.78, 5) is 0. The van der Waals surface area contributed by atoms with Crippen molar-refractivity contribution in [2.24, 2.45) is 0 Å². The predicted octanol–water partition coefficient (Wildman–Crippen LogP) is 4.66. The second-order valence-electron chi connectivity index (χ2n) is 3.76. The van der Waals surface area contributed by atoms with Crippen LogP contribution in [0.15, 0.2) is 33.2 Å². The van der Waals surface area contributed by atoms with E-state index >= 15 is 0 Å². The zero-order valence-electron chi connectivity index (χ0n) is 9.87. The van der Waals surface area contributed by atoms with Crippen molar-refractivity contribution in [3.05, 3.63) is 38.9 Å². The Labute approximate surface area is 118 Å². The molecule has 1 aromatic heterocycles. The molecule has 0 unspecified atom stereocenters. The SMILES string of the molecule is CCc1c(Br)c(-c2ccccc2Br)nn1CC. The van der Waals surface area contributed by atoms with E-state index in [1.807, 2.05) is 18.2 Å². The summed E-state index contributed by atoms with van der Waals surface area (Å²) in [6.07, 6.45) is 0.978. The molecule has 0 aliphatic heterocycles. The molecule has 0 N–H and O–H groups in total. The number of hydrogen-bond donors (Lipinski definition) is 0. The van der Waals surface area contributed by atoms with Gasteiger partial charge in [0.05, 0.1) is 10.2 Å². The standard InChI is InChI=1S/C13H14Br2N2/c1-3-11-12(15)13(16-17(11)4-2)9-7-5-6-8-10(9)14/h5-8H,3-4H2,1-2H3. The molecule has 4 heteroatoms. The molecule has 0 amide bonds. The molecule has 0 radical (unpaired) electrons. The molecular weight excluding hydrogens is 344 g/mol. The van der Waals surface area contributed by atoms with E-state index in [1.165, 1.54) is 5.69 Å². The normalized spacial score (nSPS) is 10.8. The molecule has 0 atom stereocenters. The first kappa shape index (κ1) is 12.8. The van der Waals surface area contributed by atoms with E-state index < -0.39 is 0 Å². The van der Waals surface area contributed by atoms with Gasteiger partial charge in [-0.15, -0.1) is 0 Å². The van der Waals surface area contributed by atoms with Gasteiger partial charge < -0.3 is 0 Å². The van der Waals surface area contributed by atoms with Crippen LogP contribution in [0.3, 0.4) is 0 Å². The molecule has 0 aliphatic carbocycles. The summed E-state index contributed by atoms with van der Waals surface area (Å²) >= 11 is 7.24. The Hall–Kier alpha value is -0.610. The smallest absolute Gasteiger partial charge is 0.108 e. The molecule has 2 aromatic rings. The van der Waals surface area contributed by atoms with Crippen molar-refractivity contribution < 1.29 is 0 Å². The minimum absolute atomic E-state index is 0.895. The number of hydrogen-bond acceptors (Lipinski definition) is 1. The topological polar surface area (TPSA) is 17.8 Å². The van der Waals surface area contributed by atoms with Gasteiger partial charge in [0, 0.05) is 16.6 Å². The number of benzene rings is 1. The van der Waals surface area contributed by atoms with Crippen molar-refractivity contribution in [1.29, 1.82) is 0 Å². The summed E-state index contributed by atoms with van der Waals surface area (Å²) in [7, 11) is 0. The van der Waals surface area contributed by atoms with E-state index in [4.69, 9.17) is 0 Å². The van der Waals surface area contributed by atoms with Gasteiger partial charge in [0.1, 0.15) is 5.69 Å². The van der Waals surface area contributed by atoms with Crippen molar-refractivity contribution in [3.8, 4) is 11.3 Å². The molecule has 1 aromatic carbocycles. The molecule has 0 aliphatic rings. The van der Waals surface area contributed by atoms with Gasteiger partial charge >= 0.3 is 0 Å². The summed E-state index contributed by atoms with van der Waals surface area (Å²) in [5, 5.41) is 4.67. The molecule has 0 bridgehead atoms. The molecule has 2 nitrogen and oxygen atoms in total. The first-order chi connectivity index (χ1) is 8.19. The molecule has 0 spiro atoms. The minimum atomic E-state index is 0.895. The van der Waals surface area contributed by atoms with Crippen molar-refractivity contribution in [2.75, 3.05) is 0 Å². The molecule has 0 saturated heterocycles. The predicted molar refractivity (Wildman–Crippen MR) is 78.1 cm³/mol. The van der Waals surface area contributed by atoms with E-state index in [2.05, 4.69) is 61.6 Å². The van der Waals surface area contributed by atoms with Crippen LogP contribution < -0.4 is 0 Å². The highest BCUT2D eigenvalue weighted by Gasteiger charge is 2.16. The lowest BCUT2D eigenvalue weighted by Gasteiger charge is -2.00. The number of halogens is 2. The average molecular weight is 358 g/mol. The Morgan fingerprint density at radius 3 is 2.41 bits per heavy atom. The third kappa shape index (κ3) is 2.33. The van der Waals surface area contributed by atoms with Gasteiger partial charge in [-0.2, -0.15) is 5.10 Å². The average Bonchev–Trinajstić information content (AvgIpc) is 2.66. The lowest BCUT2D eigenvalue weighted by atomic mass is 10.1. The number of rotatable bonds is 3. The highest BCUT2D eigenvalue weighted by molar-refractivity contribution is 9.11. The van der Waals surface area contributed by atoms with Crippen molar-refractivity contribution in [1.82, 2.24) is 9.78 Å². The van der Waals surface area contributed by atoms with E-state index in [-0.39, 0.29) is 0 Å². The summed E-state index contributed by atoms with van der Waals surface area (Å²) in [6.45, 7) is 5.16. The lowest BCUT2D eigenvalue weighted by molar-refractivity contribution is 0.627. The van der Waals surface area contributed by atoms with E-state index in [0.717, 1.165) is 33.2 Å². The van der Waals surface area contributed by atoms with Crippen LogP contribution in [0.4, 0.5) is 0 Å². The molecular formula is C13H14Br2N2. The lowest BCUT2D eigenvalue weighted by Crippen LogP contribution is -2.01. The van der Waals surface area contributed by atoms with Crippen LogP contribution in [0.1, 0.15) is 19.5 Å². The fraction of sp³-hybridized carbons (Fsp3) is 0.308. The first-order valence-electron chi connectivity index (χ1n) is 5.69. The number of nitrogens with zero attached hydrogens (tertiary/aromatic N) is 2. The van der Waals surface area contributed by atoms with Crippen LogP contribution in [-0.4, -0.2) is 9.78 Å². The van der Waals surface area contributed by atoms with Crippen LogP contribution >= 0.6 is 31.9 Å². The quantitative estimate of drug-likeness (QED) is 0.781. The Morgan fingerprint density at radius 1 is 1.18 bits per heavy atom. The van der Waals surface area contributed by atoms with Gasteiger partial charge in [0.15, 0.2) is 0 Å². The van der Waals surface area contributed by atoms with Gasteiger partial charge in [-0.05, 0) is 35.3 Å². The molecule has 2 rings (SSSR count). The van der Waals surface area contributed by atoms with Gasteiger partial charge in [-0.1, -0.05) is 41.1 Å². The molecule has 0 fully saturated rings. The summed E-state index contributed by atoms with van der Waals surface area (Å²) in [6, 6.07) is 8.16. The number of aromatic nitrogens is 2. The molecule has 1 heterocycles.